The molecule has 0 fully saturated rings. The molecule has 122 valence electrons. The van der Waals surface area contributed by atoms with Crippen molar-refractivity contribution in [3.8, 4) is 0 Å². The maximum absolute atomic E-state index is 12.2. The van der Waals surface area contributed by atoms with E-state index >= 15 is 0 Å². The number of hydrogen-bond donors (Lipinski definition) is 4. The van der Waals surface area contributed by atoms with Gasteiger partial charge >= 0.3 is 0 Å². The number of rotatable bonds is 10. The van der Waals surface area contributed by atoms with E-state index in [2.05, 4.69) is 10.6 Å². The van der Waals surface area contributed by atoms with Gasteiger partial charge in [0.15, 0.2) is 0 Å². The molecule has 0 aromatic heterocycles. The molecule has 0 aromatic carbocycles. The molecular formula is C13H26N4O3S. The summed E-state index contributed by atoms with van der Waals surface area (Å²) in [6.45, 7) is 3.69. The molecule has 0 rings (SSSR count). The van der Waals surface area contributed by atoms with Crippen LogP contribution in [0.5, 0.6) is 0 Å². The highest BCUT2D eigenvalue weighted by Gasteiger charge is 2.25. The lowest BCUT2D eigenvalue weighted by molar-refractivity contribution is -0.131. The highest BCUT2D eigenvalue weighted by atomic mass is 32.2. The number of carbonyl (C=O) groups is 3. The first kappa shape index (κ1) is 19.7. The van der Waals surface area contributed by atoms with Crippen molar-refractivity contribution in [2.75, 3.05) is 18.6 Å². The number of carbonyl (C=O) groups excluding carboxylic acids is 3. The quantitative estimate of drug-likeness (QED) is 0.419. The second kappa shape index (κ2) is 10.4. The Hall–Kier alpha value is -1.28. The molecule has 6 N–H and O–H groups in total. The molecule has 0 unspecified atom stereocenters. The molecule has 0 aliphatic carbocycles. The fourth-order valence-electron chi connectivity index (χ4n) is 1.75. The van der Waals surface area contributed by atoms with Crippen LogP contribution in [0.25, 0.3) is 0 Å². The van der Waals surface area contributed by atoms with Gasteiger partial charge in [0.2, 0.25) is 17.7 Å². The van der Waals surface area contributed by atoms with Crippen LogP contribution in [0.15, 0.2) is 0 Å². The van der Waals surface area contributed by atoms with E-state index in [1.54, 1.807) is 11.8 Å². The highest BCUT2D eigenvalue weighted by Crippen LogP contribution is 2.07. The third kappa shape index (κ3) is 8.56. The molecule has 0 aliphatic rings. The number of amides is 3. The Balaban J connectivity index is 4.75. The molecule has 0 saturated heterocycles. The van der Waals surface area contributed by atoms with E-state index in [4.69, 9.17) is 11.5 Å². The topological polar surface area (TPSA) is 127 Å². The van der Waals surface area contributed by atoms with Gasteiger partial charge < -0.3 is 22.1 Å². The molecule has 0 spiro atoms. The van der Waals surface area contributed by atoms with Gasteiger partial charge in [0.1, 0.15) is 12.1 Å². The van der Waals surface area contributed by atoms with Gasteiger partial charge in [-0.1, -0.05) is 13.8 Å². The van der Waals surface area contributed by atoms with Gasteiger partial charge in [-0.2, -0.15) is 11.8 Å². The second-order valence-corrected chi connectivity index (χ2v) is 6.18. The molecule has 0 heterocycles. The fourth-order valence-corrected chi connectivity index (χ4v) is 2.22. The first-order valence-electron chi connectivity index (χ1n) is 6.89. The first-order valence-corrected chi connectivity index (χ1v) is 8.29. The predicted molar refractivity (Wildman–Crippen MR) is 84.6 cm³/mol. The van der Waals surface area contributed by atoms with Gasteiger partial charge in [0.25, 0.3) is 0 Å². The summed E-state index contributed by atoms with van der Waals surface area (Å²) >= 11 is 1.56. The van der Waals surface area contributed by atoms with Crippen molar-refractivity contribution in [3.63, 3.8) is 0 Å². The zero-order chi connectivity index (χ0) is 16.4. The minimum Gasteiger partial charge on any atom is -0.368 e. The van der Waals surface area contributed by atoms with Crippen LogP contribution in [0.2, 0.25) is 0 Å². The minimum atomic E-state index is -0.727. The summed E-state index contributed by atoms with van der Waals surface area (Å²) < 4.78 is 0. The van der Waals surface area contributed by atoms with Gasteiger partial charge in [-0.25, -0.2) is 0 Å². The van der Waals surface area contributed by atoms with E-state index in [0.717, 1.165) is 0 Å². The lowest BCUT2D eigenvalue weighted by Gasteiger charge is -2.22. The molecule has 0 saturated carbocycles. The van der Waals surface area contributed by atoms with Crippen LogP contribution in [0.1, 0.15) is 26.7 Å². The van der Waals surface area contributed by atoms with Crippen molar-refractivity contribution >= 4 is 29.5 Å². The Labute approximate surface area is 130 Å². The number of nitrogens with two attached hydrogens (primary N) is 2. The average molecular weight is 318 g/mol. The number of hydrogen-bond acceptors (Lipinski definition) is 5. The largest absolute Gasteiger partial charge is 0.368 e. The van der Waals surface area contributed by atoms with Crippen LogP contribution in [0.3, 0.4) is 0 Å². The summed E-state index contributed by atoms with van der Waals surface area (Å²) in [5.74, 6) is -0.480. The van der Waals surface area contributed by atoms with E-state index < -0.39 is 29.8 Å². The second-order valence-electron chi connectivity index (χ2n) is 5.20. The van der Waals surface area contributed by atoms with Crippen molar-refractivity contribution in [2.24, 2.45) is 17.4 Å². The summed E-state index contributed by atoms with van der Waals surface area (Å²) in [7, 11) is 0. The van der Waals surface area contributed by atoms with Crippen molar-refractivity contribution in [1.29, 1.82) is 0 Å². The molecule has 0 aromatic rings. The third-order valence-electron chi connectivity index (χ3n) is 2.81. The Bertz CT molecular complexity index is 363. The van der Waals surface area contributed by atoms with Crippen molar-refractivity contribution in [3.05, 3.63) is 0 Å². The van der Waals surface area contributed by atoms with Crippen LogP contribution >= 0.6 is 11.8 Å². The first-order chi connectivity index (χ1) is 9.81. The van der Waals surface area contributed by atoms with Crippen LogP contribution in [0, 0.1) is 5.92 Å². The van der Waals surface area contributed by atoms with Gasteiger partial charge in [-0.05, 0) is 30.8 Å². The molecule has 3 amide bonds. The monoisotopic (exact) mass is 318 g/mol. The maximum Gasteiger partial charge on any atom is 0.243 e. The minimum absolute atomic E-state index is 0.187. The zero-order valence-corrected chi connectivity index (χ0v) is 13.7. The van der Waals surface area contributed by atoms with Gasteiger partial charge in [0, 0.05) is 0 Å². The average Bonchev–Trinajstić information content (AvgIpc) is 2.41. The van der Waals surface area contributed by atoms with Gasteiger partial charge in [0.05, 0.1) is 6.54 Å². The highest BCUT2D eigenvalue weighted by molar-refractivity contribution is 7.98. The zero-order valence-electron chi connectivity index (χ0n) is 12.8. The van der Waals surface area contributed by atoms with Crippen LogP contribution in [-0.4, -0.2) is 48.4 Å². The van der Waals surface area contributed by atoms with Gasteiger partial charge in [-0.15, -0.1) is 0 Å². The number of thioether (sulfide) groups is 1. The van der Waals surface area contributed by atoms with Crippen molar-refractivity contribution in [2.45, 2.75) is 38.8 Å². The maximum atomic E-state index is 12.2. The van der Waals surface area contributed by atoms with E-state index in [-0.39, 0.29) is 12.5 Å². The molecule has 0 radical (unpaired) electrons. The predicted octanol–water partition coefficient (Wildman–Crippen LogP) is -0.801. The van der Waals surface area contributed by atoms with E-state index in [9.17, 15) is 14.4 Å². The number of nitrogens with one attached hydrogen (secondary N) is 2. The number of primary amides is 1. The Morgan fingerprint density at radius 1 is 1.14 bits per heavy atom. The smallest absolute Gasteiger partial charge is 0.243 e. The molecule has 0 bridgehead atoms. The van der Waals surface area contributed by atoms with Crippen LogP contribution in [-0.2, 0) is 14.4 Å². The van der Waals surface area contributed by atoms with Crippen molar-refractivity contribution < 1.29 is 14.4 Å². The van der Waals surface area contributed by atoms with E-state index in [0.29, 0.717) is 18.6 Å². The molecular weight excluding hydrogens is 292 g/mol. The summed E-state index contributed by atoms with van der Waals surface area (Å²) in [5.41, 5.74) is 10.5. The summed E-state index contributed by atoms with van der Waals surface area (Å²) in [6, 6.07) is -1.44. The van der Waals surface area contributed by atoms with E-state index in [1.165, 1.54) is 0 Å². The Kier molecular flexibility index (Phi) is 9.81. The Morgan fingerprint density at radius 3 is 2.19 bits per heavy atom. The molecule has 0 aliphatic heterocycles. The molecule has 8 heteroatoms. The lowest BCUT2D eigenvalue weighted by atomic mass is 10.0. The molecule has 2 atom stereocenters. The van der Waals surface area contributed by atoms with Crippen LogP contribution in [0.4, 0.5) is 0 Å². The molecule has 7 nitrogen and oxygen atoms in total. The lowest BCUT2D eigenvalue weighted by Crippen LogP contribution is -2.54. The summed E-state index contributed by atoms with van der Waals surface area (Å²) in [6.07, 6.45) is 2.83. The fraction of sp³-hybridized carbons (Fsp3) is 0.769. The summed E-state index contributed by atoms with van der Waals surface area (Å²) in [4.78, 5) is 35.0. The molecule has 21 heavy (non-hydrogen) atoms. The standard InChI is InChI=1S/C13H26N4O3S/c1-8(2)6-10(16-11(18)7-14)13(20)17-9(12(15)19)4-5-21-3/h8-10H,4-7,14H2,1-3H3,(H2,15,19)(H,16,18)(H,17,20)/t9-,10+/m0/s1. The third-order valence-corrected chi connectivity index (χ3v) is 3.46. The van der Waals surface area contributed by atoms with E-state index in [1.807, 2.05) is 20.1 Å². The van der Waals surface area contributed by atoms with Crippen LogP contribution < -0.4 is 22.1 Å². The summed E-state index contributed by atoms with van der Waals surface area (Å²) in [5, 5.41) is 5.17. The Morgan fingerprint density at radius 2 is 1.76 bits per heavy atom. The van der Waals surface area contributed by atoms with Gasteiger partial charge in [-0.3, -0.25) is 14.4 Å². The normalized spacial score (nSPS) is 13.6. The van der Waals surface area contributed by atoms with Crippen molar-refractivity contribution in [1.82, 2.24) is 10.6 Å². The SMILES string of the molecule is CSCC[C@H](NC(=O)[C@@H](CC(C)C)NC(=O)CN)C(N)=O.